The van der Waals surface area contributed by atoms with Crippen LogP contribution in [0.25, 0.3) is 0 Å². The number of ether oxygens (including phenoxy) is 3. The van der Waals surface area contributed by atoms with Crippen molar-refractivity contribution in [2.24, 2.45) is 0 Å². The number of benzene rings is 2. The molecule has 0 aliphatic heterocycles. The fourth-order valence-electron chi connectivity index (χ4n) is 2.38. The molecule has 0 spiro atoms. The lowest BCUT2D eigenvalue weighted by Gasteiger charge is -2.13. The van der Waals surface area contributed by atoms with Crippen molar-refractivity contribution in [3.63, 3.8) is 0 Å². The Morgan fingerprint density at radius 1 is 0.818 bits per heavy atom. The van der Waals surface area contributed by atoms with Gasteiger partial charge < -0.3 is 19.5 Å². The third kappa shape index (κ3) is 3.71. The molecule has 2 N–H and O–H groups in total. The van der Waals surface area contributed by atoms with Gasteiger partial charge in [-0.3, -0.25) is 0 Å². The highest BCUT2D eigenvalue weighted by Gasteiger charge is 2.13. The molecule has 118 valence electrons. The molecule has 0 unspecified atom stereocenters. The number of aryl methyl sites for hydroxylation is 1. The predicted octanol–water partition coefficient (Wildman–Crippen LogP) is 2.67. The van der Waals surface area contributed by atoms with Gasteiger partial charge in [0.2, 0.25) is 5.75 Å². The highest BCUT2D eigenvalue weighted by molar-refractivity contribution is 5.53. The highest BCUT2D eigenvalue weighted by atomic mass is 16.5. The van der Waals surface area contributed by atoms with Gasteiger partial charge in [0.05, 0.1) is 21.3 Å². The van der Waals surface area contributed by atoms with Gasteiger partial charge >= 0.3 is 0 Å². The smallest absolute Gasteiger partial charge is 0.203 e. The highest BCUT2D eigenvalue weighted by Crippen LogP contribution is 2.37. The quantitative estimate of drug-likeness (QED) is 0.800. The minimum Gasteiger partial charge on any atom is -0.493 e. The molecule has 0 aromatic heterocycles. The second-order valence-electron chi connectivity index (χ2n) is 5.04. The number of hydrogen-bond acceptors (Lipinski definition) is 3. The first kappa shape index (κ1) is 16.2. The third-order valence-corrected chi connectivity index (χ3v) is 3.69. The minimum absolute atomic E-state index is 0.626. The Morgan fingerprint density at radius 2 is 1.41 bits per heavy atom. The maximum absolute atomic E-state index is 5.38. The number of quaternary nitrogens is 1. The van der Waals surface area contributed by atoms with Crippen molar-refractivity contribution in [3.05, 3.63) is 47.5 Å². The van der Waals surface area contributed by atoms with E-state index in [1.165, 1.54) is 11.3 Å². The Bertz CT molecular complexity index is 583. The fraction of sp³-hybridized carbons (Fsp3) is 0.333. The van der Waals surface area contributed by atoms with Crippen molar-refractivity contribution in [2.75, 3.05) is 21.3 Å². The standard InChI is InChI=1S/C18H23NO3/c1-5-13-6-8-15(9-7-13)19-12-14-10-16(20-2)18(22-4)17(11-14)21-3/h6-11,19H,5,12H2,1-4H3/p+1. The van der Waals surface area contributed by atoms with Crippen LogP contribution >= 0.6 is 0 Å². The zero-order valence-electron chi connectivity index (χ0n) is 13.7. The second kappa shape index (κ2) is 7.71. The first-order valence-corrected chi connectivity index (χ1v) is 7.42. The summed E-state index contributed by atoms with van der Waals surface area (Å²) in [5.74, 6) is 2.00. The molecule has 0 aliphatic rings. The molecule has 0 saturated carbocycles. The first-order chi connectivity index (χ1) is 10.7. The Kier molecular flexibility index (Phi) is 5.67. The molecule has 2 aromatic carbocycles. The van der Waals surface area contributed by atoms with E-state index in [0.29, 0.717) is 17.2 Å². The van der Waals surface area contributed by atoms with Crippen molar-refractivity contribution in [3.8, 4) is 17.2 Å². The van der Waals surface area contributed by atoms with Crippen molar-refractivity contribution < 1.29 is 19.5 Å². The lowest BCUT2D eigenvalue weighted by molar-refractivity contribution is -0.588. The van der Waals surface area contributed by atoms with Gasteiger partial charge in [-0.2, -0.15) is 0 Å². The molecule has 0 atom stereocenters. The van der Waals surface area contributed by atoms with Crippen molar-refractivity contribution >= 4 is 5.69 Å². The molecule has 0 amide bonds. The van der Waals surface area contributed by atoms with Gasteiger partial charge in [0.15, 0.2) is 11.5 Å². The number of hydrogen-bond donors (Lipinski definition) is 1. The topological polar surface area (TPSA) is 44.3 Å². The van der Waals surface area contributed by atoms with Crippen LogP contribution in [0.4, 0.5) is 5.69 Å². The molecular weight excluding hydrogens is 278 g/mol. The first-order valence-electron chi connectivity index (χ1n) is 7.42. The van der Waals surface area contributed by atoms with E-state index in [0.717, 1.165) is 18.5 Å². The summed E-state index contributed by atoms with van der Waals surface area (Å²) in [6.07, 6.45) is 1.06. The van der Waals surface area contributed by atoms with E-state index >= 15 is 0 Å². The van der Waals surface area contributed by atoms with Gasteiger partial charge in [-0.1, -0.05) is 19.1 Å². The molecule has 0 aliphatic carbocycles. The SMILES string of the molecule is CCc1ccc([NH2+]Cc2cc(OC)c(OC)c(OC)c2)cc1. The molecule has 0 heterocycles. The predicted molar refractivity (Wildman–Crippen MR) is 87.2 cm³/mol. The number of methoxy groups -OCH3 is 3. The maximum Gasteiger partial charge on any atom is 0.203 e. The molecule has 0 saturated heterocycles. The summed E-state index contributed by atoms with van der Waals surface area (Å²) >= 11 is 0. The fourth-order valence-corrected chi connectivity index (χ4v) is 2.38. The van der Waals surface area contributed by atoms with Crippen LogP contribution in [0.15, 0.2) is 36.4 Å². The summed E-state index contributed by atoms with van der Waals surface area (Å²) in [7, 11) is 4.88. The largest absolute Gasteiger partial charge is 0.493 e. The number of nitrogens with two attached hydrogens (primary N) is 1. The molecule has 0 radical (unpaired) electrons. The average molecular weight is 302 g/mol. The van der Waals surface area contributed by atoms with E-state index in [1.54, 1.807) is 21.3 Å². The summed E-state index contributed by atoms with van der Waals surface area (Å²) in [6, 6.07) is 12.6. The van der Waals surface area contributed by atoms with E-state index in [-0.39, 0.29) is 0 Å². The summed E-state index contributed by atoms with van der Waals surface area (Å²) in [4.78, 5) is 0. The lowest BCUT2D eigenvalue weighted by atomic mass is 10.1. The molecule has 0 bridgehead atoms. The van der Waals surface area contributed by atoms with Gasteiger partial charge in [0.1, 0.15) is 12.2 Å². The van der Waals surface area contributed by atoms with Gasteiger partial charge in [0.25, 0.3) is 0 Å². The van der Waals surface area contributed by atoms with Crippen LogP contribution in [0.1, 0.15) is 18.1 Å². The van der Waals surface area contributed by atoms with Crippen LogP contribution in [0.2, 0.25) is 0 Å². The van der Waals surface area contributed by atoms with E-state index in [1.807, 2.05) is 12.1 Å². The normalized spacial score (nSPS) is 10.4. The van der Waals surface area contributed by atoms with Gasteiger partial charge in [0, 0.05) is 5.56 Å². The van der Waals surface area contributed by atoms with Gasteiger partial charge in [-0.15, -0.1) is 0 Å². The van der Waals surface area contributed by atoms with Crippen LogP contribution in [0.3, 0.4) is 0 Å². The van der Waals surface area contributed by atoms with Crippen molar-refractivity contribution in [2.45, 2.75) is 19.9 Å². The van der Waals surface area contributed by atoms with Crippen molar-refractivity contribution in [1.29, 1.82) is 0 Å². The second-order valence-corrected chi connectivity index (χ2v) is 5.04. The minimum atomic E-state index is 0.626. The molecule has 4 nitrogen and oxygen atoms in total. The summed E-state index contributed by atoms with van der Waals surface area (Å²) in [5, 5.41) is 2.19. The van der Waals surface area contributed by atoms with Crippen LogP contribution in [0, 0.1) is 0 Å². The van der Waals surface area contributed by atoms with E-state index < -0.39 is 0 Å². The summed E-state index contributed by atoms with van der Waals surface area (Å²) in [5.41, 5.74) is 3.69. The number of rotatable bonds is 7. The van der Waals surface area contributed by atoms with E-state index in [2.05, 4.69) is 36.5 Å². The monoisotopic (exact) mass is 302 g/mol. The Labute approximate surface area is 132 Å². The molecule has 22 heavy (non-hydrogen) atoms. The Morgan fingerprint density at radius 3 is 1.86 bits per heavy atom. The molecule has 4 heteroatoms. The van der Waals surface area contributed by atoms with E-state index in [9.17, 15) is 0 Å². The van der Waals surface area contributed by atoms with Crippen LogP contribution in [0.5, 0.6) is 17.2 Å². The molecule has 2 aromatic rings. The van der Waals surface area contributed by atoms with Crippen LogP contribution in [-0.2, 0) is 13.0 Å². The molecule has 2 rings (SSSR count). The van der Waals surface area contributed by atoms with Crippen molar-refractivity contribution in [1.82, 2.24) is 0 Å². The van der Waals surface area contributed by atoms with Gasteiger partial charge in [-0.25, -0.2) is 0 Å². The Hall–Kier alpha value is -2.20. The summed E-state index contributed by atoms with van der Waals surface area (Å²) in [6.45, 7) is 2.97. The van der Waals surface area contributed by atoms with Crippen LogP contribution < -0.4 is 19.5 Å². The molecular formula is C18H24NO3+. The zero-order chi connectivity index (χ0) is 15.9. The zero-order valence-corrected chi connectivity index (χ0v) is 13.7. The van der Waals surface area contributed by atoms with Gasteiger partial charge in [-0.05, 0) is 36.2 Å². The van der Waals surface area contributed by atoms with E-state index in [4.69, 9.17) is 14.2 Å². The molecule has 0 fully saturated rings. The lowest BCUT2D eigenvalue weighted by Crippen LogP contribution is -2.76. The maximum atomic E-state index is 5.38. The summed E-state index contributed by atoms with van der Waals surface area (Å²) < 4.78 is 16.1. The Balaban J connectivity index is 2.14. The van der Waals surface area contributed by atoms with Crippen LogP contribution in [-0.4, -0.2) is 21.3 Å². The average Bonchev–Trinajstić information content (AvgIpc) is 2.59. The third-order valence-electron chi connectivity index (χ3n) is 3.69.